The van der Waals surface area contributed by atoms with Crippen molar-refractivity contribution in [2.24, 2.45) is 15.7 Å². The van der Waals surface area contributed by atoms with E-state index in [1.807, 2.05) is 6.08 Å². The van der Waals surface area contributed by atoms with Crippen LogP contribution in [-0.2, 0) is 11.3 Å². The second-order valence-corrected chi connectivity index (χ2v) is 7.04. The van der Waals surface area contributed by atoms with Crippen LogP contribution in [0.3, 0.4) is 0 Å². The number of aliphatic imine (C=N–C) groups is 2. The summed E-state index contributed by atoms with van der Waals surface area (Å²) in [6, 6.07) is 8.54. The van der Waals surface area contributed by atoms with E-state index in [1.165, 1.54) is 29.1 Å². The summed E-state index contributed by atoms with van der Waals surface area (Å²) < 4.78 is 34.5. The predicted molar refractivity (Wildman–Crippen MR) is 110 cm³/mol. The van der Waals surface area contributed by atoms with Gasteiger partial charge in [0.05, 0.1) is 22.9 Å². The van der Waals surface area contributed by atoms with Gasteiger partial charge < -0.3 is 10.5 Å². The van der Waals surface area contributed by atoms with E-state index in [1.54, 1.807) is 12.1 Å². The van der Waals surface area contributed by atoms with E-state index in [0.717, 1.165) is 17.2 Å². The average molecular weight is 422 g/mol. The lowest BCUT2D eigenvalue weighted by molar-refractivity contribution is 0.100. The van der Waals surface area contributed by atoms with Gasteiger partial charge in [0.1, 0.15) is 24.4 Å². The van der Waals surface area contributed by atoms with Crippen molar-refractivity contribution in [2.75, 3.05) is 6.61 Å². The van der Waals surface area contributed by atoms with E-state index in [-0.39, 0.29) is 17.3 Å². The standard InChI is InChI=1S/C21H16F2N6O2/c22-12-3-1-2-11(6-12)9-25-19-14-4-5-31-20(14)28-21(27-19)29-17-8-13(23)7-15(18(24)30)16(17)10-26-29/h1-4,6-8,10,19,25H,5,9H2,(H2,24,30). The topological polar surface area (TPSA) is 107 Å². The highest BCUT2D eigenvalue weighted by Gasteiger charge is 2.30. The van der Waals surface area contributed by atoms with Crippen molar-refractivity contribution in [2.45, 2.75) is 12.7 Å². The van der Waals surface area contributed by atoms with Gasteiger partial charge in [-0.1, -0.05) is 12.1 Å². The Labute approximate surface area is 174 Å². The number of carbonyl (C=O) groups excluding carboxylic acids is 1. The van der Waals surface area contributed by atoms with Crippen molar-refractivity contribution in [3.8, 4) is 0 Å². The van der Waals surface area contributed by atoms with E-state index < -0.39 is 17.9 Å². The molecule has 2 aromatic carbocycles. The fraction of sp³-hybridized carbons (Fsp3) is 0.143. The monoisotopic (exact) mass is 422 g/mol. The Hall–Kier alpha value is -3.92. The molecule has 1 aromatic heterocycles. The number of hydrogen-bond acceptors (Lipinski definition) is 6. The molecular weight excluding hydrogens is 406 g/mol. The number of hydrogen-bond donors (Lipinski definition) is 2. The number of primary amides is 1. The van der Waals surface area contributed by atoms with Gasteiger partial charge in [-0.2, -0.15) is 14.8 Å². The molecule has 10 heteroatoms. The molecule has 5 rings (SSSR count). The van der Waals surface area contributed by atoms with E-state index in [2.05, 4.69) is 20.4 Å². The summed E-state index contributed by atoms with van der Waals surface area (Å²) >= 11 is 0. The zero-order chi connectivity index (χ0) is 21.5. The zero-order valence-corrected chi connectivity index (χ0v) is 16.0. The molecule has 3 aromatic rings. The number of ether oxygens (including phenoxy) is 1. The number of nitrogens with two attached hydrogens (primary N) is 1. The Kier molecular flexibility index (Phi) is 4.55. The molecular formula is C21H16F2N6O2. The molecule has 3 heterocycles. The minimum Gasteiger partial charge on any atom is -0.473 e. The normalized spacial score (nSPS) is 17.6. The fourth-order valence-corrected chi connectivity index (χ4v) is 3.59. The van der Waals surface area contributed by atoms with Crippen LogP contribution in [0.5, 0.6) is 0 Å². The summed E-state index contributed by atoms with van der Waals surface area (Å²) in [5, 5.41) is 7.86. The average Bonchev–Trinajstić information content (AvgIpc) is 3.38. The van der Waals surface area contributed by atoms with Crippen LogP contribution in [0.25, 0.3) is 10.9 Å². The van der Waals surface area contributed by atoms with Crippen LogP contribution in [0, 0.1) is 11.6 Å². The maximum atomic E-state index is 14.1. The fourth-order valence-electron chi connectivity index (χ4n) is 3.59. The molecule has 1 unspecified atom stereocenters. The van der Waals surface area contributed by atoms with Crippen molar-refractivity contribution in [1.29, 1.82) is 0 Å². The Morgan fingerprint density at radius 1 is 1.26 bits per heavy atom. The Bertz CT molecular complexity index is 1310. The second kappa shape index (κ2) is 7.40. The lowest BCUT2D eigenvalue weighted by atomic mass is 10.1. The first-order valence-electron chi connectivity index (χ1n) is 9.44. The summed E-state index contributed by atoms with van der Waals surface area (Å²) in [5.41, 5.74) is 7.18. The molecule has 1 atom stereocenters. The van der Waals surface area contributed by atoms with Gasteiger partial charge >= 0.3 is 0 Å². The number of benzene rings is 2. The maximum absolute atomic E-state index is 14.1. The SMILES string of the molecule is NC(=O)c1cc(F)cc2c1cnn2C1=NC(NCc2cccc(F)c2)C2=CCOC2=N1. The predicted octanol–water partition coefficient (Wildman–Crippen LogP) is 2.10. The minimum absolute atomic E-state index is 0.0174. The highest BCUT2D eigenvalue weighted by atomic mass is 19.1. The highest BCUT2D eigenvalue weighted by molar-refractivity contribution is 6.10. The molecule has 0 spiro atoms. The van der Waals surface area contributed by atoms with Crippen LogP contribution in [0.15, 0.2) is 64.2 Å². The molecule has 2 aliphatic rings. The molecule has 31 heavy (non-hydrogen) atoms. The third-order valence-corrected chi connectivity index (χ3v) is 5.01. The summed E-state index contributed by atoms with van der Waals surface area (Å²) in [6.07, 6.45) is 2.74. The van der Waals surface area contributed by atoms with Crippen LogP contribution in [-0.4, -0.2) is 40.3 Å². The van der Waals surface area contributed by atoms with Crippen LogP contribution >= 0.6 is 0 Å². The van der Waals surface area contributed by atoms with Gasteiger partial charge in [0.15, 0.2) is 0 Å². The van der Waals surface area contributed by atoms with Crippen molar-refractivity contribution in [3.63, 3.8) is 0 Å². The van der Waals surface area contributed by atoms with Gasteiger partial charge in [0, 0.05) is 18.0 Å². The Balaban J connectivity index is 1.53. The third kappa shape index (κ3) is 3.46. The number of rotatable bonds is 4. The highest BCUT2D eigenvalue weighted by Crippen LogP contribution is 2.24. The van der Waals surface area contributed by atoms with E-state index in [0.29, 0.717) is 30.0 Å². The van der Waals surface area contributed by atoms with Gasteiger partial charge in [-0.25, -0.2) is 13.8 Å². The van der Waals surface area contributed by atoms with Crippen LogP contribution in [0.4, 0.5) is 8.78 Å². The van der Waals surface area contributed by atoms with E-state index in [4.69, 9.17) is 10.5 Å². The first-order chi connectivity index (χ1) is 15.0. The largest absolute Gasteiger partial charge is 0.473 e. The number of nitrogens with zero attached hydrogens (tertiary/aromatic N) is 4. The van der Waals surface area contributed by atoms with Crippen LogP contribution in [0.1, 0.15) is 15.9 Å². The molecule has 8 nitrogen and oxygen atoms in total. The van der Waals surface area contributed by atoms with E-state index in [9.17, 15) is 13.6 Å². The zero-order valence-electron chi connectivity index (χ0n) is 16.0. The maximum Gasteiger partial charge on any atom is 0.251 e. The van der Waals surface area contributed by atoms with Crippen molar-refractivity contribution < 1.29 is 18.3 Å². The summed E-state index contributed by atoms with van der Waals surface area (Å²) in [5.74, 6) is -1.20. The van der Waals surface area contributed by atoms with Gasteiger partial charge in [0.2, 0.25) is 11.8 Å². The third-order valence-electron chi connectivity index (χ3n) is 5.01. The molecule has 1 amide bonds. The molecule has 156 valence electrons. The number of fused-ring (bicyclic) bond motifs is 2. The number of amides is 1. The molecule has 0 saturated heterocycles. The molecule has 0 saturated carbocycles. The number of halogens is 2. The quantitative estimate of drug-likeness (QED) is 0.672. The van der Waals surface area contributed by atoms with Gasteiger partial charge in [-0.3, -0.25) is 10.1 Å². The Morgan fingerprint density at radius 2 is 2.13 bits per heavy atom. The molecule has 2 aliphatic heterocycles. The summed E-state index contributed by atoms with van der Waals surface area (Å²) in [4.78, 5) is 20.7. The molecule has 0 radical (unpaired) electrons. The molecule has 3 N–H and O–H groups in total. The van der Waals surface area contributed by atoms with E-state index >= 15 is 0 Å². The van der Waals surface area contributed by atoms with Gasteiger partial charge in [0.25, 0.3) is 5.96 Å². The second-order valence-electron chi connectivity index (χ2n) is 7.04. The molecule has 0 bridgehead atoms. The Morgan fingerprint density at radius 3 is 2.94 bits per heavy atom. The minimum atomic E-state index is -0.764. The van der Waals surface area contributed by atoms with Crippen molar-refractivity contribution >= 4 is 28.7 Å². The summed E-state index contributed by atoms with van der Waals surface area (Å²) in [6.45, 7) is 0.694. The number of nitrogens with one attached hydrogen (secondary N) is 1. The number of aromatic nitrogens is 2. The first-order valence-corrected chi connectivity index (χ1v) is 9.44. The molecule has 0 fully saturated rings. The van der Waals surface area contributed by atoms with Gasteiger partial charge in [-0.05, 0) is 29.8 Å². The van der Waals surface area contributed by atoms with Crippen LogP contribution in [0.2, 0.25) is 0 Å². The lowest BCUT2D eigenvalue weighted by Crippen LogP contribution is -2.36. The van der Waals surface area contributed by atoms with Crippen molar-refractivity contribution in [1.82, 2.24) is 15.1 Å². The smallest absolute Gasteiger partial charge is 0.251 e. The van der Waals surface area contributed by atoms with Gasteiger partial charge in [-0.15, -0.1) is 0 Å². The molecule has 0 aliphatic carbocycles. The summed E-state index contributed by atoms with van der Waals surface area (Å²) in [7, 11) is 0. The van der Waals surface area contributed by atoms with Crippen molar-refractivity contribution in [3.05, 3.63) is 77.0 Å². The number of carbonyl (C=O) groups is 1. The first kappa shape index (κ1) is 19.1. The lowest BCUT2D eigenvalue weighted by Gasteiger charge is -2.21. The van der Waals surface area contributed by atoms with Crippen LogP contribution < -0.4 is 11.1 Å².